The zero-order valence-electron chi connectivity index (χ0n) is 19.2. The number of nitrogens with zero attached hydrogens (tertiary/aromatic N) is 1. The third kappa shape index (κ3) is 4.84. The number of carbonyl (C=O) groups is 2. The SMILES string of the molecule is O=C(NC1CCCC1)[C@@H](c1ccco1)N(C(=O)c1ccc(-c2ccccc2)[nH]1)c1cccc(O)c1. The number of rotatable bonds is 7. The van der Waals surface area contributed by atoms with E-state index in [1.165, 1.54) is 23.3 Å². The Bertz CT molecular complexity index is 1290. The lowest BCUT2D eigenvalue weighted by Crippen LogP contribution is -2.46. The summed E-state index contributed by atoms with van der Waals surface area (Å²) >= 11 is 0. The lowest BCUT2D eigenvalue weighted by atomic mass is 10.1. The summed E-state index contributed by atoms with van der Waals surface area (Å²) in [6, 6.07) is 21.9. The van der Waals surface area contributed by atoms with Gasteiger partial charge in [0.2, 0.25) is 0 Å². The van der Waals surface area contributed by atoms with Crippen molar-refractivity contribution >= 4 is 17.5 Å². The highest BCUT2D eigenvalue weighted by atomic mass is 16.3. The second-order valence-electron chi connectivity index (χ2n) is 8.75. The number of aromatic nitrogens is 1. The van der Waals surface area contributed by atoms with Gasteiger partial charge >= 0.3 is 0 Å². The molecule has 2 amide bonds. The van der Waals surface area contributed by atoms with Gasteiger partial charge in [-0.1, -0.05) is 49.2 Å². The lowest BCUT2D eigenvalue weighted by molar-refractivity contribution is -0.123. The highest BCUT2D eigenvalue weighted by Gasteiger charge is 2.37. The normalized spacial score (nSPS) is 14.5. The van der Waals surface area contributed by atoms with E-state index < -0.39 is 11.9 Å². The molecule has 2 aromatic heterocycles. The first-order valence-electron chi connectivity index (χ1n) is 11.8. The molecule has 0 aliphatic heterocycles. The summed E-state index contributed by atoms with van der Waals surface area (Å²) in [5.41, 5.74) is 2.43. The zero-order valence-corrected chi connectivity index (χ0v) is 19.2. The van der Waals surface area contributed by atoms with Crippen LogP contribution in [0.15, 0.2) is 89.5 Å². The summed E-state index contributed by atoms with van der Waals surface area (Å²) in [6.07, 6.45) is 5.44. The van der Waals surface area contributed by atoms with E-state index in [0.29, 0.717) is 17.1 Å². The summed E-state index contributed by atoms with van der Waals surface area (Å²) in [5, 5.41) is 13.3. The van der Waals surface area contributed by atoms with Gasteiger partial charge < -0.3 is 19.8 Å². The first-order chi connectivity index (χ1) is 17.1. The Balaban J connectivity index is 1.56. The van der Waals surface area contributed by atoms with Crippen LogP contribution in [0.2, 0.25) is 0 Å². The molecule has 3 N–H and O–H groups in total. The van der Waals surface area contributed by atoms with Gasteiger partial charge in [-0.25, -0.2) is 0 Å². The van der Waals surface area contributed by atoms with Crippen molar-refractivity contribution < 1.29 is 19.1 Å². The first-order valence-corrected chi connectivity index (χ1v) is 11.8. The first kappa shape index (κ1) is 22.5. The topological polar surface area (TPSA) is 98.6 Å². The van der Waals surface area contributed by atoms with Gasteiger partial charge in [-0.05, 0) is 54.8 Å². The molecule has 2 heterocycles. The van der Waals surface area contributed by atoms with Gasteiger partial charge in [0.15, 0.2) is 6.04 Å². The molecule has 178 valence electrons. The minimum absolute atomic E-state index is 0.00819. The summed E-state index contributed by atoms with van der Waals surface area (Å²) in [6.45, 7) is 0. The van der Waals surface area contributed by atoms with Crippen molar-refractivity contribution in [2.45, 2.75) is 37.8 Å². The number of hydrogen-bond donors (Lipinski definition) is 3. The fourth-order valence-electron chi connectivity index (χ4n) is 4.63. The zero-order chi connectivity index (χ0) is 24.2. The maximum Gasteiger partial charge on any atom is 0.275 e. The molecular formula is C28H27N3O4. The molecule has 1 aliphatic rings. The number of amides is 2. The minimum atomic E-state index is -1.05. The van der Waals surface area contributed by atoms with Crippen LogP contribution in [0.25, 0.3) is 11.3 Å². The van der Waals surface area contributed by atoms with Crippen LogP contribution in [0.4, 0.5) is 5.69 Å². The van der Waals surface area contributed by atoms with Gasteiger partial charge in [-0.15, -0.1) is 0 Å². The number of benzene rings is 2. The molecule has 1 fully saturated rings. The number of H-pyrrole nitrogens is 1. The number of hydrogen-bond acceptors (Lipinski definition) is 4. The van der Waals surface area contributed by atoms with Crippen LogP contribution in [0, 0.1) is 0 Å². The Labute approximate surface area is 203 Å². The number of phenols is 1. The van der Waals surface area contributed by atoms with Crippen LogP contribution in [-0.2, 0) is 4.79 Å². The number of phenolic OH excluding ortho intramolecular Hbond substituents is 1. The molecule has 0 bridgehead atoms. The Morgan fingerprint density at radius 1 is 0.971 bits per heavy atom. The van der Waals surface area contributed by atoms with Crippen molar-refractivity contribution in [3.63, 3.8) is 0 Å². The van der Waals surface area contributed by atoms with Gasteiger partial charge in [0.25, 0.3) is 11.8 Å². The predicted octanol–water partition coefficient (Wildman–Crippen LogP) is 5.43. The van der Waals surface area contributed by atoms with Crippen LogP contribution in [0.3, 0.4) is 0 Å². The van der Waals surface area contributed by atoms with Crippen molar-refractivity contribution in [2.75, 3.05) is 4.90 Å². The van der Waals surface area contributed by atoms with Crippen LogP contribution in [-0.4, -0.2) is 27.9 Å². The molecule has 1 atom stereocenters. The number of carbonyl (C=O) groups excluding carboxylic acids is 2. The third-order valence-electron chi connectivity index (χ3n) is 6.35. The molecular weight excluding hydrogens is 442 g/mol. The molecule has 5 rings (SSSR count). The molecule has 4 aromatic rings. The molecule has 0 spiro atoms. The minimum Gasteiger partial charge on any atom is -0.508 e. The predicted molar refractivity (Wildman–Crippen MR) is 133 cm³/mol. The number of nitrogens with one attached hydrogen (secondary N) is 2. The third-order valence-corrected chi connectivity index (χ3v) is 6.35. The summed E-state index contributed by atoms with van der Waals surface area (Å²) in [7, 11) is 0. The largest absolute Gasteiger partial charge is 0.508 e. The van der Waals surface area contributed by atoms with Gasteiger partial charge in [0.1, 0.15) is 17.2 Å². The van der Waals surface area contributed by atoms with Crippen molar-refractivity contribution in [1.29, 1.82) is 0 Å². The number of aromatic amines is 1. The van der Waals surface area contributed by atoms with Gasteiger partial charge in [0, 0.05) is 23.5 Å². The fourth-order valence-corrected chi connectivity index (χ4v) is 4.63. The maximum atomic E-state index is 14.0. The van der Waals surface area contributed by atoms with Crippen molar-refractivity contribution in [3.05, 3.63) is 96.6 Å². The van der Waals surface area contributed by atoms with E-state index in [-0.39, 0.29) is 17.7 Å². The number of aromatic hydroxyl groups is 1. The Kier molecular flexibility index (Phi) is 6.39. The van der Waals surface area contributed by atoms with Crippen molar-refractivity contribution in [1.82, 2.24) is 10.3 Å². The van der Waals surface area contributed by atoms with E-state index in [4.69, 9.17) is 4.42 Å². The number of furan rings is 1. The lowest BCUT2D eigenvalue weighted by Gasteiger charge is -2.30. The second-order valence-corrected chi connectivity index (χ2v) is 8.75. The summed E-state index contributed by atoms with van der Waals surface area (Å²) < 4.78 is 5.65. The molecule has 0 saturated heterocycles. The molecule has 0 radical (unpaired) electrons. The quantitative estimate of drug-likeness (QED) is 0.336. The van der Waals surface area contributed by atoms with Crippen molar-refractivity contribution in [3.8, 4) is 17.0 Å². The molecule has 7 nitrogen and oxygen atoms in total. The van der Waals surface area contributed by atoms with Crippen LogP contribution < -0.4 is 10.2 Å². The molecule has 7 heteroatoms. The van der Waals surface area contributed by atoms with E-state index in [9.17, 15) is 14.7 Å². The molecule has 0 unspecified atom stereocenters. The van der Waals surface area contributed by atoms with Gasteiger partial charge in [0.05, 0.1) is 6.26 Å². The highest BCUT2D eigenvalue weighted by Crippen LogP contribution is 2.33. The Hall–Kier alpha value is -4.26. The Morgan fingerprint density at radius 3 is 2.49 bits per heavy atom. The maximum absolute atomic E-state index is 14.0. The van der Waals surface area contributed by atoms with E-state index in [1.54, 1.807) is 30.3 Å². The number of anilines is 1. The van der Waals surface area contributed by atoms with E-state index in [0.717, 1.165) is 36.9 Å². The fraction of sp³-hybridized carbons (Fsp3) is 0.214. The van der Waals surface area contributed by atoms with E-state index in [2.05, 4.69) is 10.3 Å². The smallest absolute Gasteiger partial charge is 0.275 e. The molecule has 35 heavy (non-hydrogen) atoms. The summed E-state index contributed by atoms with van der Waals surface area (Å²) in [4.78, 5) is 32.2. The average Bonchev–Trinajstić information content (AvgIpc) is 3.66. The van der Waals surface area contributed by atoms with Gasteiger partial charge in [-0.2, -0.15) is 0 Å². The molecule has 2 aromatic carbocycles. The average molecular weight is 470 g/mol. The van der Waals surface area contributed by atoms with Crippen LogP contribution in [0.5, 0.6) is 5.75 Å². The van der Waals surface area contributed by atoms with Crippen molar-refractivity contribution in [2.24, 2.45) is 0 Å². The highest BCUT2D eigenvalue weighted by molar-refractivity contribution is 6.09. The van der Waals surface area contributed by atoms with Crippen LogP contribution in [0.1, 0.15) is 48.0 Å². The second kappa shape index (κ2) is 9.93. The van der Waals surface area contributed by atoms with Gasteiger partial charge in [-0.3, -0.25) is 14.5 Å². The molecule has 1 saturated carbocycles. The molecule has 1 aliphatic carbocycles. The standard InChI is InChI=1S/C28H27N3O4/c32-22-13-6-12-21(18-22)31(28(34)24-16-15-23(30-24)19-8-2-1-3-9-19)26(25-14-7-17-35-25)27(33)29-20-10-4-5-11-20/h1-3,6-9,12-18,20,26,30,32H,4-5,10-11H2,(H,29,33)/t26-/m1/s1. The van der Waals surface area contributed by atoms with E-state index >= 15 is 0 Å². The Morgan fingerprint density at radius 2 is 1.77 bits per heavy atom. The monoisotopic (exact) mass is 469 g/mol. The van der Waals surface area contributed by atoms with Crippen LogP contribution >= 0.6 is 0 Å². The summed E-state index contributed by atoms with van der Waals surface area (Å²) in [5.74, 6) is -0.405. The van der Waals surface area contributed by atoms with E-state index in [1.807, 2.05) is 36.4 Å².